The minimum atomic E-state index is 0.306. The molecular formula is C15H22OS. The number of rotatable bonds is 4. The van der Waals surface area contributed by atoms with Crippen LogP contribution in [-0.2, 0) is 0 Å². The monoisotopic (exact) mass is 250 g/mol. The Kier molecular flexibility index (Phi) is 4.38. The smallest absolute Gasteiger partial charge is 0.176 e. The van der Waals surface area contributed by atoms with Gasteiger partial charge in [-0.05, 0) is 55.5 Å². The Morgan fingerprint density at radius 1 is 1.35 bits per heavy atom. The molecule has 1 aliphatic rings. The van der Waals surface area contributed by atoms with Crippen molar-refractivity contribution in [3.63, 3.8) is 0 Å². The second kappa shape index (κ2) is 5.81. The summed E-state index contributed by atoms with van der Waals surface area (Å²) in [4.78, 5) is 13.4. The first kappa shape index (κ1) is 12.8. The Balaban J connectivity index is 1.93. The Labute approximate surface area is 108 Å². The largest absolute Gasteiger partial charge is 0.293 e. The van der Waals surface area contributed by atoms with E-state index >= 15 is 0 Å². The number of thiophene rings is 1. The van der Waals surface area contributed by atoms with Crippen LogP contribution in [0.3, 0.4) is 0 Å². The van der Waals surface area contributed by atoms with Crippen molar-refractivity contribution in [2.75, 3.05) is 0 Å². The van der Waals surface area contributed by atoms with Crippen LogP contribution in [0.2, 0.25) is 0 Å². The third-order valence-electron chi connectivity index (χ3n) is 4.00. The maximum Gasteiger partial charge on any atom is 0.176 e. The number of ketones is 1. The summed E-state index contributed by atoms with van der Waals surface area (Å²) in [5, 5.41) is 2.03. The van der Waals surface area contributed by atoms with Crippen molar-refractivity contribution in [3.05, 3.63) is 21.9 Å². The molecule has 17 heavy (non-hydrogen) atoms. The molecule has 0 amide bonds. The quantitative estimate of drug-likeness (QED) is 0.698. The molecule has 0 aliphatic heterocycles. The Hall–Kier alpha value is -0.630. The third kappa shape index (κ3) is 2.98. The first-order valence-corrected chi connectivity index (χ1v) is 7.68. The van der Waals surface area contributed by atoms with E-state index in [-0.39, 0.29) is 0 Å². The van der Waals surface area contributed by atoms with E-state index in [9.17, 15) is 4.79 Å². The van der Waals surface area contributed by atoms with Gasteiger partial charge >= 0.3 is 0 Å². The highest BCUT2D eigenvalue weighted by Gasteiger charge is 2.27. The highest BCUT2D eigenvalue weighted by atomic mass is 32.1. The number of carbonyl (C=O) groups excluding carboxylic acids is 1. The summed E-state index contributed by atoms with van der Waals surface area (Å²) in [7, 11) is 0. The van der Waals surface area contributed by atoms with Gasteiger partial charge in [0.05, 0.1) is 4.88 Å². The molecule has 1 nitrogen and oxygen atoms in total. The van der Waals surface area contributed by atoms with E-state index in [1.165, 1.54) is 25.7 Å². The van der Waals surface area contributed by atoms with E-state index in [1.54, 1.807) is 11.3 Å². The number of aryl methyl sites for hydroxylation is 1. The lowest BCUT2D eigenvalue weighted by Crippen LogP contribution is -2.21. The van der Waals surface area contributed by atoms with Crippen molar-refractivity contribution in [1.29, 1.82) is 0 Å². The summed E-state index contributed by atoms with van der Waals surface area (Å²) in [6, 6.07) is 2.06. The summed E-state index contributed by atoms with van der Waals surface area (Å²) in [6.07, 6.45) is 7.37. The highest BCUT2D eigenvalue weighted by molar-refractivity contribution is 7.12. The molecule has 0 radical (unpaired) electrons. The third-order valence-corrected chi connectivity index (χ3v) is 5.03. The summed E-state index contributed by atoms with van der Waals surface area (Å²) >= 11 is 1.61. The molecule has 1 aliphatic carbocycles. The van der Waals surface area contributed by atoms with Gasteiger partial charge in [-0.2, -0.15) is 0 Å². The van der Waals surface area contributed by atoms with Gasteiger partial charge in [0.2, 0.25) is 0 Å². The van der Waals surface area contributed by atoms with Crippen LogP contribution in [0.15, 0.2) is 11.4 Å². The molecule has 0 bridgehead atoms. The van der Waals surface area contributed by atoms with E-state index in [1.807, 2.05) is 12.3 Å². The first-order chi connectivity index (χ1) is 8.22. The second-order valence-electron chi connectivity index (χ2n) is 5.30. The van der Waals surface area contributed by atoms with Gasteiger partial charge in [-0.3, -0.25) is 4.79 Å². The maximum atomic E-state index is 12.4. The molecule has 1 saturated carbocycles. The van der Waals surface area contributed by atoms with Gasteiger partial charge in [0.25, 0.3) is 0 Å². The van der Waals surface area contributed by atoms with Crippen molar-refractivity contribution in [2.45, 2.75) is 52.4 Å². The molecule has 0 saturated heterocycles. The van der Waals surface area contributed by atoms with Crippen LogP contribution < -0.4 is 0 Å². The van der Waals surface area contributed by atoms with Gasteiger partial charge in [-0.25, -0.2) is 0 Å². The lowest BCUT2D eigenvalue weighted by molar-refractivity contribution is 0.0873. The fraction of sp³-hybridized carbons (Fsp3) is 0.667. The number of hydrogen-bond acceptors (Lipinski definition) is 2. The first-order valence-electron chi connectivity index (χ1n) is 6.80. The fourth-order valence-corrected chi connectivity index (χ4v) is 3.88. The summed E-state index contributed by atoms with van der Waals surface area (Å²) in [5.74, 6) is 1.60. The molecule has 0 N–H and O–H groups in total. The molecule has 0 spiro atoms. The molecule has 1 aromatic heterocycles. The molecule has 2 heteroatoms. The fourth-order valence-electron chi connectivity index (χ4n) is 2.93. The van der Waals surface area contributed by atoms with Gasteiger partial charge < -0.3 is 0 Å². The van der Waals surface area contributed by atoms with Crippen LogP contribution in [0.4, 0.5) is 0 Å². The number of hydrogen-bond donors (Lipinski definition) is 0. The summed E-state index contributed by atoms with van der Waals surface area (Å²) in [6.45, 7) is 4.30. The Bertz CT molecular complexity index is 372. The van der Waals surface area contributed by atoms with Crippen LogP contribution in [0.1, 0.15) is 60.7 Å². The second-order valence-corrected chi connectivity index (χ2v) is 6.22. The Morgan fingerprint density at radius 2 is 2.06 bits per heavy atom. The predicted octanol–water partition coefficient (Wildman–Crippen LogP) is 4.85. The number of Topliss-reactive ketones (excluding diaryl/α,β-unsaturated/α-hetero) is 1. The maximum absolute atomic E-state index is 12.4. The van der Waals surface area contributed by atoms with Crippen LogP contribution in [0, 0.1) is 18.8 Å². The molecule has 0 atom stereocenters. The summed E-state index contributed by atoms with van der Waals surface area (Å²) < 4.78 is 0. The molecule has 2 rings (SSSR count). The van der Waals surface area contributed by atoms with Crippen LogP contribution in [-0.4, -0.2) is 5.78 Å². The summed E-state index contributed by atoms with van der Waals surface area (Å²) in [5.41, 5.74) is 1.16. The standard InChI is InChI=1S/C15H22OS/c1-3-4-12-5-7-13(8-6-12)14(16)15-11(2)9-10-17-15/h9-10,12-13H,3-8H2,1-2H3. The van der Waals surface area contributed by atoms with Crippen molar-refractivity contribution < 1.29 is 4.79 Å². The molecule has 0 aromatic carbocycles. The van der Waals surface area contributed by atoms with Gasteiger partial charge in [0.1, 0.15) is 0 Å². The molecule has 0 unspecified atom stereocenters. The normalized spacial score (nSPS) is 24.8. The molecule has 94 valence electrons. The van der Waals surface area contributed by atoms with Crippen LogP contribution >= 0.6 is 11.3 Å². The minimum absolute atomic E-state index is 0.306. The minimum Gasteiger partial charge on any atom is -0.293 e. The SMILES string of the molecule is CCCC1CCC(C(=O)c2sccc2C)CC1. The van der Waals surface area contributed by atoms with Crippen molar-refractivity contribution in [2.24, 2.45) is 11.8 Å². The lowest BCUT2D eigenvalue weighted by atomic mass is 9.78. The van der Waals surface area contributed by atoms with E-state index in [0.29, 0.717) is 11.7 Å². The molecule has 1 heterocycles. The van der Waals surface area contributed by atoms with E-state index in [0.717, 1.165) is 29.2 Å². The predicted molar refractivity (Wildman–Crippen MR) is 73.7 cm³/mol. The zero-order valence-corrected chi connectivity index (χ0v) is 11.7. The van der Waals surface area contributed by atoms with E-state index < -0.39 is 0 Å². The van der Waals surface area contributed by atoms with Crippen molar-refractivity contribution in [3.8, 4) is 0 Å². The van der Waals surface area contributed by atoms with Crippen molar-refractivity contribution in [1.82, 2.24) is 0 Å². The van der Waals surface area contributed by atoms with Gasteiger partial charge in [0.15, 0.2) is 5.78 Å². The van der Waals surface area contributed by atoms with Crippen LogP contribution in [0.5, 0.6) is 0 Å². The van der Waals surface area contributed by atoms with Crippen molar-refractivity contribution >= 4 is 17.1 Å². The topological polar surface area (TPSA) is 17.1 Å². The average Bonchev–Trinajstić information content (AvgIpc) is 2.76. The van der Waals surface area contributed by atoms with E-state index in [4.69, 9.17) is 0 Å². The lowest BCUT2D eigenvalue weighted by Gasteiger charge is -2.27. The Morgan fingerprint density at radius 3 is 2.59 bits per heavy atom. The zero-order valence-electron chi connectivity index (χ0n) is 10.9. The zero-order chi connectivity index (χ0) is 12.3. The van der Waals surface area contributed by atoms with Gasteiger partial charge in [0, 0.05) is 5.92 Å². The average molecular weight is 250 g/mol. The molecule has 1 fully saturated rings. The number of carbonyl (C=O) groups is 1. The van der Waals surface area contributed by atoms with Gasteiger partial charge in [-0.1, -0.05) is 19.8 Å². The van der Waals surface area contributed by atoms with Crippen LogP contribution in [0.25, 0.3) is 0 Å². The van der Waals surface area contributed by atoms with E-state index in [2.05, 4.69) is 13.0 Å². The molecule has 1 aromatic rings. The highest BCUT2D eigenvalue weighted by Crippen LogP contribution is 2.34. The molecular weight excluding hydrogens is 228 g/mol. The van der Waals surface area contributed by atoms with Gasteiger partial charge in [-0.15, -0.1) is 11.3 Å².